The van der Waals surface area contributed by atoms with Gasteiger partial charge < -0.3 is 19.5 Å². The van der Waals surface area contributed by atoms with E-state index in [9.17, 15) is 9.90 Å². The molecule has 1 spiro atoms. The molecule has 1 aromatic rings. The lowest BCUT2D eigenvalue weighted by Crippen LogP contribution is -2.78. The van der Waals surface area contributed by atoms with Crippen LogP contribution in [0.15, 0.2) is 18.2 Å². The summed E-state index contributed by atoms with van der Waals surface area (Å²) in [6, 6.07) is 6.41. The minimum Gasteiger partial charge on any atom is -0.454 e. The van der Waals surface area contributed by atoms with E-state index in [0.29, 0.717) is 6.79 Å². The first kappa shape index (κ1) is 18.2. The van der Waals surface area contributed by atoms with Crippen molar-refractivity contribution in [2.45, 2.75) is 44.5 Å². The molecular formula is C21H29N3O4. The molecule has 5 rings (SSSR count). The van der Waals surface area contributed by atoms with Crippen molar-refractivity contribution in [3.63, 3.8) is 0 Å². The summed E-state index contributed by atoms with van der Waals surface area (Å²) in [6.45, 7) is 9.19. The van der Waals surface area contributed by atoms with E-state index in [1.165, 1.54) is 5.56 Å². The Morgan fingerprint density at radius 3 is 2.79 bits per heavy atom. The maximum atomic E-state index is 12.7. The van der Waals surface area contributed by atoms with Crippen LogP contribution in [0.1, 0.15) is 25.8 Å². The monoisotopic (exact) mass is 387 g/mol. The van der Waals surface area contributed by atoms with E-state index in [4.69, 9.17) is 9.47 Å². The number of amides is 1. The second-order valence-electron chi connectivity index (χ2n) is 9.13. The highest BCUT2D eigenvalue weighted by atomic mass is 16.7. The number of nitrogens with zero attached hydrogens (tertiary/aromatic N) is 3. The first-order chi connectivity index (χ1) is 13.4. The van der Waals surface area contributed by atoms with E-state index in [2.05, 4.69) is 21.9 Å². The number of benzene rings is 1. The summed E-state index contributed by atoms with van der Waals surface area (Å²) in [5.74, 6) is 1.88. The number of aliphatic hydroxyl groups is 1. The molecule has 7 nitrogen and oxygen atoms in total. The molecule has 3 fully saturated rings. The van der Waals surface area contributed by atoms with Gasteiger partial charge in [-0.2, -0.15) is 0 Å². The predicted octanol–water partition coefficient (Wildman–Crippen LogP) is 0.903. The van der Waals surface area contributed by atoms with Gasteiger partial charge in [0, 0.05) is 51.2 Å². The molecule has 0 saturated carbocycles. The molecule has 1 amide bonds. The molecule has 0 unspecified atom stereocenters. The minimum absolute atomic E-state index is 0.0136. The van der Waals surface area contributed by atoms with Crippen molar-refractivity contribution in [2.24, 2.45) is 5.92 Å². The van der Waals surface area contributed by atoms with Crippen LogP contribution in [0.4, 0.5) is 0 Å². The largest absolute Gasteiger partial charge is 0.454 e. The third-order valence-corrected chi connectivity index (χ3v) is 6.60. The van der Waals surface area contributed by atoms with Crippen molar-refractivity contribution in [1.29, 1.82) is 0 Å². The Kier molecular flexibility index (Phi) is 4.30. The van der Waals surface area contributed by atoms with Gasteiger partial charge in [-0.25, -0.2) is 0 Å². The molecule has 4 aliphatic heterocycles. The number of hydrogen-bond acceptors (Lipinski definition) is 6. The number of rotatable bonds is 3. The summed E-state index contributed by atoms with van der Waals surface area (Å²) >= 11 is 0. The summed E-state index contributed by atoms with van der Waals surface area (Å²) in [5.41, 5.74) is 1.18. The van der Waals surface area contributed by atoms with Crippen LogP contribution in [0.3, 0.4) is 0 Å². The van der Waals surface area contributed by atoms with Crippen molar-refractivity contribution in [2.75, 3.05) is 39.5 Å². The number of likely N-dealkylation sites (tertiary alicyclic amines) is 1. The fraction of sp³-hybridized carbons (Fsp3) is 0.667. The third kappa shape index (κ3) is 2.96. The maximum Gasteiger partial charge on any atom is 0.231 e. The van der Waals surface area contributed by atoms with E-state index in [1.807, 2.05) is 24.8 Å². The molecule has 0 radical (unpaired) electrons. The quantitative estimate of drug-likeness (QED) is 0.832. The van der Waals surface area contributed by atoms with Gasteiger partial charge in [-0.15, -0.1) is 0 Å². The second kappa shape index (κ2) is 6.61. The number of hydrogen-bond donors (Lipinski definition) is 1. The standard InChI is InChI=1S/C21H29N3O4/c1-14(2)20(26)23-8-16-6-17(25)9-24(16)21(12-23)10-22(11-21)7-15-3-4-18-19(5-15)28-13-27-18/h3-5,14,16-17,25H,6-13H2,1-2H3/t16-,17+/m0/s1. The van der Waals surface area contributed by atoms with Gasteiger partial charge in [0.1, 0.15) is 0 Å². The summed E-state index contributed by atoms with van der Waals surface area (Å²) in [6.07, 6.45) is 0.491. The molecule has 1 aromatic carbocycles. The van der Waals surface area contributed by atoms with Crippen LogP contribution in [-0.2, 0) is 11.3 Å². The summed E-state index contributed by atoms with van der Waals surface area (Å²) in [4.78, 5) is 19.6. The van der Waals surface area contributed by atoms with Gasteiger partial charge in [-0.1, -0.05) is 19.9 Å². The highest BCUT2D eigenvalue weighted by molar-refractivity contribution is 5.78. The maximum absolute atomic E-state index is 12.7. The van der Waals surface area contributed by atoms with Crippen molar-refractivity contribution in [3.05, 3.63) is 23.8 Å². The second-order valence-corrected chi connectivity index (χ2v) is 9.13. The van der Waals surface area contributed by atoms with E-state index >= 15 is 0 Å². The van der Waals surface area contributed by atoms with E-state index in [-0.39, 0.29) is 29.5 Å². The molecule has 0 bridgehead atoms. The molecule has 0 aliphatic carbocycles. The van der Waals surface area contributed by atoms with Crippen LogP contribution in [0, 0.1) is 5.92 Å². The van der Waals surface area contributed by atoms with Gasteiger partial charge in [0.25, 0.3) is 0 Å². The van der Waals surface area contributed by atoms with Crippen LogP contribution in [0.2, 0.25) is 0 Å². The SMILES string of the molecule is CC(C)C(=O)N1C[C@@H]2C[C@@H](O)CN2C2(CN(Cc3ccc4c(c3)OCO4)C2)C1. The summed E-state index contributed by atoms with van der Waals surface area (Å²) in [5, 5.41) is 10.3. The third-order valence-electron chi connectivity index (χ3n) is 6.60. The zero-order valence-corrected chi connectivity index (χ0v) is 16.6. The highest BCUT2D eigenvalue weighted by Crippen LogP contribution is 2.40. The van der Waals surface area contributed by atoms with Crippen LogP contribution in [0.25, 0.3) is 0 Å². The minimum atomic E-state index is -0.279. The summed E-state index contributed by atoms with van der Waals surface area (Å²) < 4.78 is 10.9. The average molecular weight is 387 g/mol. The van der Waals surface area contributed by atoms with Crippen LogP contribution < -0.4 is 9.47 Å². The Morgan fingerprint density at radius 1 is 1.21 bits per heavy atom. The number of fused-ring (bicyclic) bond motifs is 3. The molecule has 4 aliphatic rings. The Balaban J connectivity index is 1.29. The molecule has 28 heavy (non-hydrogen) atoms. The highest BCUT2D eigenvalue weighted by Gasteiger charge is 2.56. The number of carbonyl (C=O) groups is 1. The first-order valence-electron chi connectivity index (χ1n) is 10.3. The first-order valence-corrected chi connectivity index (χ1v) is 10.3. The van der Waals surface area contributed by atoms with E-state index in [1.54, 1.807) is 0 Å². The zero-order chi connectivity index (χ0) is 19.5. The summed E-state index contributed by atoms with van der Waals surface area (Å²) in [7, 11) is 0. The molecule has 2 atom stereocenters. The Hall–Kier alpha value is -1.83. The number of ether oxygens (including phenoxy) is 2. The Morgan fingerprint density at radius 2 is 2.00 bits per heavy atom. The number of aliphatic hydroxyl groups excluding tert-OH is 1. The molecule has 0 aromatic heterocycles. The van der Waals surface area contributed by atoms with Gasteiger partial charge in [-0.3, -0.25) is 14.6 Å². The fourth-order valence-corrected chi connectivity index (χ4v) is 5.42. The van der Waals surface area contributed by atoms with Gasteiger partial charge in [-0.05, 0) is 24.1 Å². The molecule has 152 valence electrons. The number of β-amino-alcohol motifs (C(OH)–C–C–N with tert-alkyl or cyclic N) is 1. The van der Waals surface area contributed by atoms with Crippen LogP contribution in [0.5, 0.6) is 11.5 Å². The van der Waals surface area contributed by atoms with Gasteiger partial charge in [0.2, 0.25) is 12.7 Å². The number of piperazine rings is 1. The van der Waals surface area contributed by atoms with E-state index < -0.39 is 0 Å². The van der Waals surface area contributed by atoms with Crippen molar-refractivity contribution < 1.29 is 19.4 Å². The van der Waals surface area contributed by atoms with Crippen LogP contribution >= 0.6 is 0 Å². The van der Waals surface area contributed by atoms with Crippen molar-refractivity contribution in [1.82, 2.24) is 14.7 Å². The molecule has 4 heterocycles. The Bertz CT molecular complexity index is 777. The van der Waals surface area contributed by atoms with Gasteiger partial charge >= 0.3 is 0 Å². The van der Waals surface area contributed by atoms with Crippen molar-refractivity contribution >= 4 is 5.91 Å². The average Bonchev–Trinajstić information content (AvgIpc) is 3.24. The lowest BCUT2D eigenvalue weighted by atomic mass is 9.83. The predicted molar refractivity (Wildman–Crippen MR) is 103 cm³/mol. The fourth-order valence-electron chi connectivity index (χ4n) is 5.42. The number of carbonyl (C=O) groups excluding carboxylic acids is 1. The topological polar surface area (TPSA) is 65.5 Å². The molecule has 1 N–H and O–H groups in total. The Labute approximate surface area is 165 Å². The lowest BCUT2D eigenvalue weighted by Gasteiger charge is -2.61. The lowest BCUT2D eigenvalue weighted by molar-refractivity contribution is -0.153. The van der Waals surface area contributed by atoms with Gasteiger partial charge in [0.05, 0.1) is 11.6 Å². The molecular weight excluding hydrogens is 358 g/mol. The van der Waals surface area contributed by atoms with Crippen LogP contribution in [-0.4, -0.2) is 82.9 Å². The molecule has 7 heteroatoms. The zero-order valence-electron chi connectivity index (χ0n) is 16.6. The normalized spacial score (nSPS) is 28.6. The molecule has 3 saturated heterocycles. The van der Waals surface area contributed by atoms with Gasteiger partial charge in [0.15, 0.2) is 11.5 Å². The van der Waals surface area contributed by atoms with Crippen molar-refractivity contribution in [3.8, 4) is 11.5 Å². The smallest absolute Gasteiger partial charge is 0.231 e. The van der Waals surface area contributed by atoms with E-state index in [0.717, 1.165) is 57.2 Å².